The van der Waals surface area contributed by atoms with Crippen molar-refractivity contribution in [1.82, 2.24) is 9.62 Å². The Kier molecular flexibility index (Phi) is 4.97. The Labute approximate surface area is 164 Å². The molecular weight excluding hydrogens is 379 g/mol. The molecule has 2 aromatic rings. The topological polar surface area (TPSA) is 66.5 Å². The smallest absolute Gasteiger partial charge is 0.226 e. The van der Waals surface area contributed by atoms with Gasteiger partial charge in [-0.25, -0.2) is 17.5 Å². The Morgan fingerprint density at radius 1 is 1.18 bits per heavy atom. The fourth-order valence-corrected chi connectivity index (χ4v) is 4.92. The van der Waals surface area contributed by atoms with Gasteiger partial charge in [0.25, 0.3) is 0 Å². The zero-order valence-corrected chi connectivity index (χ0v) is 16.5. The van der Waals surface area contributed by atoms with Crippen molar-refractivity contribution >= 4 is 15.9 Å². The minimum Gasteiger partial charge on any atom is -0.341 e. The van der Waals surface area contributed by atoms with Crippen LogP contribution in [-0.2, 0) is 14.8 Å². The summed E-state index contributed by atoms with van der Waals surface area (Å²) in [7, 11) is -3.28. The summed E-state index contributed by atoms with van der Waals surface area (Å²) in [4.78, 5) is 14.6. The maximum atomic E-state index is 13.9. The van der Waals surface area contributed by atoms with E-state index in [2.05, 4.69) is 4.72 Å². The predicted molar refractivity (Wildman–Crippen MR) is 106 cm³/mol. The summed E-state index contributed by atoms with van der Waals surface area (Å²) >= 11 is 0. The standard InChI is InChI=1S/C21H23FN2O3S/c1-28(26,27)23-16-9-10-24(13-16)21(25)20-12-19(20)17-8-7-15(22)11-18(17)14-5-3-2-4-6-14/h2-8,11,16,19-20,23H,9-10,12-13H2,1H3. The first-order valence-electron chi connectivity index (χ1n) is 9.43. The zero-order chi connectivity index (χ0) is 19.9. The molecule has 0 spiro atoms. The van der Waals surface area contributed by atoms with Crippen LogP contribution in [-0.4, -0.2) is 44.6 Å². The molecule has 5 nitrogen and oxygen atoms in total. The molecule has 2 fully saturated rings. The van der Waals surface area contributed by atoms with Crippen molar-refractivity contribution in [2.24, 2.45) is 5.92 Å². The average molecular weight is 402 g/mol. The van der Waals surface area contributed by atoms with Crippen LogP contribution in [0.4, 0.5) is 4.39 Å². The number of hydrogen-bond acceptors (Lipinski definition) is 3. The maximum absolute atomic E-state index is 13.9. The van der Waals surface area contributed by atoms with E-state index >= 15 is 0 Å². The van der Waals surface area contributed by atoms with Crippen molar-refractivity contribution in [3.05, 3.63) is 59.9 Å². The summed E-state index contributed by atoms with van der Waals surface area (Å²) in [6.45, 7) is 0.967. The second kappa shape index (κ2) is 7.29. The van der Waals surface area contributed by atoms with Crippen LogP contribution < -0.4 is 4.72 Å². The van der Waals surface area contributed by atoms with E-state index in [1.807, 2.05) is 30.3 Å². The molecular formula is C21H23FN2O3S. The molecule has 0 bridgehead atoms. The third-order valence-electron chi connectivity index (χ3n) is 5.49. The molecule has 1 amide bonds. The molecule has 2 aliphatic rings. The molecule has 3 atom stereocenters. The number of sulfonamides is 1. The third kappa shape index (κ3) is 4.10. The highest BCUT2D eigenvalue weighted by Crippen LogP contribution is 2.51. The Balaban J connectivity index is 1.48. The number of halogens is 1. The van der Waals surface area contributed by atoms with E-state index in [0.717, 1.165) is 29.4 Å². The lowest BCUT2D eigenvalue weighted by atomic mass is 9.95. The minimum atomic E-state index is -3.28. The Morgan fingerprint density at radius 3 is 2.64 bits per heavy atom. The molecule has 0 radical (unpaired) electrons. The molecule has 2 aromatic carbocycles. The lowest BCUT2D eigenvalue weighted by Crippen LogP contribution is -2.38. The second-order valence-corrected chi connectivity index (χ2v) is 9.49. The predicted octanol–water partition coefficient (Wildman–Crippen LogP) is 2.75. The van der Waals surface area contributed by atoms with Gasteiger partial charge in [0.15, 0.2) is 0 Å². The minimum absolute atomic E-state index is 0.0612. The molecule has 4 rings (SSSR count). The number of rotatable bonds is 5. The van der Waals surface area contributed by atoms with E-state index in [1.165, 1.54) is 12.1 Å². The number of amides is 1. The normalized spacial score (nSPS) is 24.4. The largest absolute Gasteiger partial charge is 0.341 e. The summed E-state index contributed by atoms with van der Waals surface area (Å²) in [6.07, 6.45) is 2.50. The molecule has 1 saturated carbocycles. The zero-order valence-electron chi connectivity index (χ0n) is 15.6. The third-order valence-corrected chi connectivity index (χ3v) is 6.25. The molecule has 148 valence electrons. The lowest BCUT2D eigenvalue weighted by molar-refractivity contribution is -0.131. The molecule has 7 heteroatoms. The van der Waals surface area contributed by atoms with Crippen molar-refractivity contribution in [3.63, 3.8) is 0 Å². The molecule has 1 aliphatic heterocycles. The van der Waals surface area contributed by atoms with E-state index in [9.17, 15) is 17.6 Å². The van der Waals surface area contributed by atoms with Gasteiger partial charge in [-0.2, -0.15) is 0 Å². The fraction of sp³-hybridized carbons (Fsp3) is 0.381. The van der Waals surface area contributed by atoms with Crippen LogP contribution in [0.3, 0.4) is 0 Å². The lowest BCUT2D eigenvalue weighted by Gasteiger charge is -2.17. The maximum Gasteiger partial charge on any atom is 0.226 e. The van der Waals surface area contributed by atoms with E-state index in [0.29, 0.717) is 19.5 Å². The van der Waals surface area contributed by atoms with Crippen LogP contribution in [0.1, 0.15) is 24.3 Å². The van der Waals surface area contributed by atoms with Gasteiger partial charge in [-0.3, -0.25) is 4.79 Å². The molecule has 0 aromatic heterocycles. The van der Waals surface area contributed by atoms with Crippen LogP contribution in [0, 0.1) is 11.7 Å². The summed E-state index contributed by atoms with van der Waals surface area (Å²) in [6, 6.07) is 14.2. The van der Waals surface area contributed by atoms with Gasteiger partial charge in [-0.15, -0.1) is 0 Å². The van der Waals surface area contributed by atoms with E-state index in [-0.39, 0.29) is 29.6 Å². The van der Waals surface area contributed by atoms with Crippen LogP contribution in [0.15, 0.2) is 48.5 Å². The van der Waals surface area contributed by atoms with Gasteiger partial charge in [-0.05, 0) is 47.6 Å². The van der Waals surface area contributed by atoms with E-state index in [1.54, 1.807) is 11.0 Å². The molecule has 1 heterocycles. The number of nitrogens with one attached hydrogen (secondary N) is 1. The van der Waals surface area contributed by atoms with Crippen molar-refractivity contribution < 1.29 is 17.6 Å². The van der Waals surface area contributed by atoms with Gasteiger partial charge in [-0.1, -0.05) is 36.4 Å². The van der Waals surface area contributed by atoms with Gasteiger partial charge >= 0.3 is 0 Å². The van der Waals surface area contributed by atoms with Crippen molar-refractivity contribution in [2.45, 2.75) is 24.8 Å². The molecule has 1 saturated heterocycles. The van der Waals surface area contributed by atoms with Gasteiger partial charge in [0.05, 0.1) is 6.26 Å². The van der Waals surface area contributed by atoms with E-state index < -0.39 is 10.0 Å². The van der Waals surface area contributed by atoms with Gasteiger partial charge in [0.2, 0.25) is 15.9 Å². The number of carbonyl (C=O) groups excluding carboxylic acids is 1. The number of likely N-dealkylation sites (tertiary alicyclic amines) is 1. The summed E-state index contributed by atoms with van der Waals surface area (Å²) in [5.41, 5.74) is 2.77. The number of carbonyl (C=O) groups is 1. The average Bonchev–Trinajstić information content (AvgIpc) is 3.32. The molecule has 28 heavy (non-hydrogen) atoms. The highest BCUT2D eigenvalue weighted by atomic mass is 32.2. The highest BCUT2D eigenvalue weighted by molar-refractivity contribution is 7.88. The monoisotopic (exact) mass is 402 g/mol. The first-order valence-corrected chi connectivity index (χ1v) is 11.3. The van der Waals surface area contributed by atoms with Crippen molar-refractivity contribution in [3.8, 4) is 11.1 Å². The molecule has 1 N–H and O–H groups in total. The highest BCUT2D eigenvalue weighted by Gasteiger charge is 2.47. The first kappa shape index (κ1) is 19.1. The summed E-state index contributed by atoms with van der Waals surface area (Å²) in [5, 5.41) is 0. The molecule has 1 aliphatic carbocycles. The van der Waals surface area contributed by atoms with Crippen LogP contribution in [0.2, 0.25) is 0 Å². The summed E-state index contributed by atoms with van der Waals surface area (Å²) in [5.74, 6) is -0.276. The van der Waals surface area contributed by atoms with Crippen LogP contribution in [0.25, 0.3) is 11.1 Å². The number of hydrogen-bond donors (Lipinski definition) is 1. The Morgan fingerprint density at radius 2 is 1.93 bits per heavy atom. The van der Waals surface area contributed by atoms with Crippen LogP contribution in [0.5, 0.6) is 0 Å². The van der Waals surface area contributed by atoms with Crippen LogP contribution >= 0.6 is 0 Å². The Bertz CT molecular complexity index is 994. The Hall–Kier alpha value is -2.25. The van der Waals surface area contributed by atoms with Gasteiger partial charge in [0, 0.05) is 25.0 Å². The number of nitrogens with zero attached hydrogens (tertiary/aromatic N) is 1. The SMILES string of the molecule is CS(=O)(=O)NC1CCN(C(=O)C2CC2c2ccc(F)cc2-c2ccccc2)C1. The molecule has 3 unspecified atom stereocenters. The second-order valence-electron chi connectivity index (χ2n) is 7.71. The van der Waals surface area contributed by atoms with E-state index in [4.69, 9.17) is 0 Å². The summed E-state index contributed by atoms with van der Waals surface area (Å²) < 4.78 is 39.2. The van der Waals surface area contributed by atoms with Gasteiger partial charge in [0.1, 0.15) is 5.82 Å². The quantitative estimate of drug-likeness (QED) is 0.836. The van der Waals surface area contributed by atoms with Crippen molar-refractivity contribution in [1.29, 1.82) is 0 Å². The first-order chi connectivity index (χ1) is 13.3. The number of benzene rings is 2. The van der Waals surface area contributed by atoms with Crippen molar-refractivity contribution in [2.75, 3.05) is 19.3 Å². The van der Waals surface area contributed by atoms with Gasteiger partial charge < -0.3 is 4.90 Å². The fourth-order valence-electron chi connectivity index (χ4n) is 4.13.